The van der Waals surface area contributed by atoms with Gasteiger partial charge >= 0.3 is 5.91 Å². The summed E-state index contributed by atoms with van der Waals surface area (Å²) in [6.45, 7) is 8.21. The van der Waals surface area contributed by atoms with Gasteiger partial charge in [0, 0.05) is 5.56 Å². The second-order valence-corrected chi connectivity index (χ2v) is 10.7. The molecule has 0 saturated carbocycles. The Morgan fingerprint density at radius 2 is 1.78 bits per heavy atom. The van der Waals surface area contributed by atoms with Crippen molar-refractivity contribution in [1.82, 2.24) is 4.98 Å². The number of anilines is 1. The minimum Gasteiger partial charge on any atom is -0.507 e. The monoisotopic (exact) mass is 512 g/mol. The van der Waals surface area contributed by atoms with E-state index in [2.05, 4.69) is 13.8 Å². The summed E-state index contributed by atoms with van der Waals surface area (Å²) in [5, 5.41) is 11.8. The van der Waals surface area contributed by atoms with Crippen LogP contribution in [0, 0.1) is 13.8 Å². The van der Waals surface area contributed by atoms with E-state index in [9.17, 15) is 14.7 Å². The van der Waals surface area contributed by atoms with Gasteiger partial charge in [-0.15, -0.1) is 0 Å². The van der Waals surface area contributed by atoms with Crippen molar-refractivity contribution >= 4 is 44.1 Å². The Hall–Kier alpha value is -3.97. The van der Waals surface area contributed by atoms with Gasteiger partial charge in [0.25, 0.3) is 5.78 Å². The molecule has 5 rings (SSSR count). The SMILES string of the molecule is COc1cccc(/C(O)=C2\C(=O)C(=O)N(c3nc4c(C)cc(C)cc4s3)[C@@H]2c2ccc(C(C)C)cc2)c1. The van der Waals surface area contributed by atoms with Crippen molar-refractivity contribution in [2.75, 3.05) is 12.0 Å². The van der Waals surface area contributed by atoms with E-state index in [0.717, 1.165) is 32.5 Å². The fraction of sp³-hybridized carbons (Fsp3) is 0.233. The molecule has 1 amide bonds. The van der Waals surface area contributed by atoms with Crippen LogP contribution in [0.4, 0.5) is 5.13 Å². The van der Waals surface area contributed by atoms with E-state index >= 15 is 0 Å². The van der Waals surface area contributed by atoms with E-state index in [1.807, 2.05) is 50.2 Å². The summed E-state index contributed by atoms with van der Waals surface area (Å²) in [7, 11) is 1.53. The average molecular weight is 513 g/mol. The van der Waals surface area contributed by atoms with Crippen molar-refractivity contribution in [3.8, 4) is 5.75 Å². The summed E-state index contributed by atoms with van der Waals surface area (Å²) < 4.78 is 6.24. The Kier molecular flexibility index (Phi) is 6.33. The number of benzene rings is 3. The number of carbonyl (C=O) groups excluding carboxylic acids is 2. The minimum atomic E-state index is -0.825. The van der Waals surface area contributed by atoms with Crippen LogP contribution in [-0.2, 0) is 9.59 Å². The van der Waals surface area contributed by atoms with Crippen LogP contribution < -0.4 is 9.64 Å². The summed E-state index contributed by atoms with van der Waals surface area (Å²) >= 11 is 1.37. The molecule has 3 aromatic carbocycles. The van der Waals surface area contributed by atoms with Gasteiger partial charge in [0.05, 0.1) is 28.9 Å². The first-order chi connectivity index (χ1) is 17.7. The minimum absolute atomic E-state index is 0.0303. The quantitative estimate of drug-likeness (QED) is 0.183. The highest BCUT2D eigenvalue weighted by atomic mass is 32.1. The number of aliphatic hydroxyl groups is 1. The highest BCUT2D eigenvalue weighted by Crippen LogP contribution is 2.45. The highest BCUT2D eigenvalue weighted by molar-refractivity contribution is 7.22. The van der Waals surface area contributed by atoms with E-state index in [0.29, 0.717) is 22.4 Å². The standard InChI is InChI=1S/C30H28N2O4S/c1-16(2)19-9-11-20(12-10-19)26-24(27(33)21-7-6-8-22(15-21)36-5)28(34)29(35)32(26)30-31-25-18(4)13-17(3)14-23(25)37-30/h6-16,26,33H,1-5H3/b27-24+/t26-/m1/s1. The fourth-order valence-corrected chi connectivity index (χ4v) is 5.96. The average Bonchev–Trinajstić information content (AvgIpc) is 3.42. The summed E-state index contributed by atoms with van der Waals surface area (Å²) in [5.41, 5.74) is 5.19. The first-order valence-electron chi connectivity index (χ1n) is 12.1. The molecule has 188 valence electrons. The number of methoxy groups -OCH3 is 1. The van der Waals surface area contributed by atoms with Gasteiger partial charge in [-0.3, -0.25) is 14.5 Å². The molecule has 1 N–H and O–H groups in total. The summed E-state index contributed by atoms with van der Waals surface area (Å²) in [6, 6.07) is 17.9. The number of amides is 1. The molecule has 1 atom stereocenters. The van der Waals surface area contributed by atoms with Gasteiger partial charge in [0.2, 0.25) is 0 Å². The van der Waals surface area contributed by atoms with Crippen molar-refractivity contribution in [2.45, 2.75) is 39.7 Å². The van der Waals surface area contributed by atoms with Gasteiger partial charge in [-0.25, -0.2) is 4.98 Å². The van der Waals surface area contributed by atoms with Crippen LogP contribution in [0.15, 0.2) is 66.2 Å². The lowest BCUT2D eigenvalue weighted by Crippen LogP contribution is -2.29. The zero-order chi connectivity index (χ0) is 26.4. The number of rotatable bonds is 5. The van der Waals surface area contributed by atoms with Gasteiger partial charge in [0.1, 0.15) is 11.5 Å². The van der Waals surface area contributed by atoms with E-state index in [-0.39, 0.29) is 11.3 Å². The molecule has 0 unspecified atom stereocenters. The summed E-state index contributed by atoms with van der Waals surface area (Å²) in [4.78, 5) is 33.2. The fourth-order valence-electron chi connectivity index (χ4n) is 4.80. The Labute approximate surface area is 219 Å². The van der Waals surface area contributed by atoms with Crippen molar-refractivity contribution in [2.24, 2.45) is 0 Å². The second-order valence-electron chi connectivity index (χ2n) is 9.65. The number of nitrogens with zero attached hydrogens (tertiary/aromatic N) is 2. The number of carbonyl (C=O) groups is 2. The zero-order valence-electron chi connectivity index (χ0n) is 21.4. The molecule has 1 aromatic heterocycles. The third kappa shape index (κ3) is 4.29. The molecule has 0 spiro atoms. The number of thiazole rings is 1. The number of fused-ring (bicyclic) bond motifs is 1. The normalized spacial score (nSPS) is 17.2. The molecule has 0 bridgehead atoms. The van der Waals surface area contributed by atoms with Crippen LogP contribution in [0.2, 0.25) is 0 Å². The van der Waals surface area contributed by atoms with E-state index in [1.165, 1.54) is 23.3 Å². The number of aryl methyl sites for hydroxylation is 2. The van der Waals surface area contributed by atoms with Crippen LogP contribution in [0.5, 0.6) is 5.75 Å². The Bertz CT molecular complexity index is 1570. The Morgan fingerprint density at radius 1 is 1.05 bits per heavy atom. The second kappa shape index (κ2) is 9.48. The van der Waals surface area contributed by atoms with Gasteiger partial charge in [-0.2, -0.15) is 0 Å². The van der Waals surface area contributed by atoms with E-state index < -0.39 is 17.7 Å². The van der Waals surface area contributed by atoms with Crippen LogP contribution in [0.25, 0.3) is 16.0 Å². The predicted octanol–water partition coefficient (Wildman–Crippen LogP) is 6.67. The van der Waals surface area contributed by atoms with Crippen molar-refractivity contribution in [1.29, 1.82) is 0 Å². The molecular formula is C30H28N2O4S. The third-order valence-corrected chi connectivity index (χ3v) is 7.73. The lowest BCUT2D eigenvalue weighted by atomic mass is 9.93. The number of Topliss-reactive ketones (excluding diaryl/α,β-unsaturated/α-hetero) is 1. The molecule has 7 heteroatoms. The van der Waals surface area contributed by atoms with Crippen LogP contribution in [-0.4, -0.2) is 28.9 Å². The smallest absolute Gasteiger partial charge is 0.301 e. The molecular weight excluding hydrogens is 484 g/mol. The molecule has 0 radical (unpaired) electrons. The zero-order valence-corrected chi connectivity index (χ0v) is 22.2. The van der Waals surface area contributed by atoms with Crippen LogP contribution in [0.3, 0.4) is 0 Å². The van der Waals surface area contributed by atoms with Crippen molar-refractivity contribution in [3.63, 3.8) is 0 Å². The molecule has 37 heavy (non-hydrogen) atoms. The molecule has 4 aromatic rings. The summed E-state index contributed by atoms with van der Waals surface area (Å²) in [5.74, 6) is -0.840. The number of hydrogen-bond donors (Lipinski definition) is 1. The van der Waals surface area contributed by atoms with Crippen LogP contribution >= 0.6 is 11.3 Å². The van der Waals surface area contributed by atoms with Gasteiger partial charge in [0.15, 0.2) is 5.13 Å². The molecule has 1 aliphatic heterocycles. The first kappa shape index (κ1) is 24.7. The number of hydrogen-bond acceptors (Lipinski definition) is 6. The molecule has 6 nitrogen and oxygen atoms in total. The molecule has 1 aliphatic rings. The molecule has 2 heterocycles. The van der Waals surface area contributed by atoms with Gasteiger partial charge < -0.3 is 9.84 Å². The van der Waals surface area contributed by atoms with E-state index in [4.69, 9.17) is 9.72 Å². The Morgan fingerprint density at radius 3 is 2.46 bits per heavy atom. The third-order valence-electron chi connectivity index (χ3n) is 6.73. The summed E-state index contributed by atoms with van der Waals surface area (Å²) in [6.07, 6.45) is 0. The lowest BCUT2D eigenvalue weighted by molar-refractivity contribution is -0.132. The van der Waals surface area contributed by atoms with Crippen molar-refractivity contribution in [3.05, 3.63) is 94.1 Å². The van der Waals surface area contributed by atoms with Crippen LogP contribution in [0.1, 0.15) is 53.6 Å². The maximum atomic E-state index is 13.5. The predicted molar refractivity (Wildman–Crippen MR) is 147 cm³/mol. The number of aromatic nitrogens is 1. The van der Waals surface area contributed by atoms with Gasteiger partial charge in [-0.1, -0.05) is 67.6 Å². The first-order valence-corrected chi connectivity index (χ1v) is 12.9. The largest absolute Gasteiger partial charge is 0.507 e. The topological polar surface area (TPSA) is 79.7 Å². The number of aliphatic hydroxyl groups excluding tert-OH is 1. The maximum absolute atomic E-state index is 13.5. The van der Waals surface area contributed by atoms with E-state index in [1.54, 1.807) is 24.3 Å². The molecule has 1 fully saturated rings. The Balaban J connectivity index is 1.73. The maximum Gasteiger partial charge on any atom is 0.301 e. The van der Waals surface area contributed by atoms with Crippen molar-refractivity contribution < 1.29 is 19.4 Å². The molecule has 0 aliphatic carbocycles. The number of ether oxygens (including phenoxy) is 1. The lowest BCUT2D eigenvalue weighted by Gasteiger charge is -2.23. The number of ketones is 1. The molecule has 1 saturated heterocycles. The highest BCUT2D eigenvalue weighted by Gasteiger charge is 2.48. The van der Waals surface area contributed by atoms with Gasteiger partial charge in [-0.05, 0) is 60.2 Å².